The van der Waals surface area contributed by atoms with Crippen molar-refractivity contribution in [1.82, 2.24) is 9.80 Å². The number of carbonyl (C=O) groups is 2. The van der Waals surface area contributed by atoms with Crippen molar-refractivity contribution in [3.63, 3.8) is 0 Å². The van der Waals surface area contributed by atoms with Crippen molar-refractivity contribution < 1.29 is 19.4 Å². The van der Waals surface area contributed by atoms with Gasteiger partial charge in [-0.25, -0.2) is 0 Å². The Morgan fingerprint density at radius 1 is 1.09 bits per heavy atom. The molecule has 3 rings (SSSR count). The van der Waals surface area contributed by atoms with Crippen molar-refractivity contribution in [3.05, 3.63) is 70.3 Å². The van der Waals surface area contributed by atoms with E-state index in [9.17, 15) is 14.7 Å². The third-order valence-corrected chi connectivity index (χ3v) is 6.18. The Morgan fingerprint density at radius 2 is 1.74 bits per heavy atom. The fourth-order valence-corrected chi connectivity index (χ4v) is 4.23. The summed E-state index contributed by atoms with van der Waals surface area (Å²) in [6, 6.07) is 12.7. The van der Waals surface area contributed by atoms with Gasteiger partial charge < -0.3 is 19.6 Å². The normalized spacial score (nSPS) is 18.1. The zero-order valence-corrected chi connectivity index (χ0v) is 21.3. The summed E-state index contributed by atoms with van der Waals surface area (Å²) in [7, 11) is 3.85. The number of amides is 1. The second kappa shape index (κ2) is 10.0. The molecule has 1 fully saturated rings. The topological polar surface area (TPSA) is 70.1 Å². The minimum atomic E-state index is -0.658. The fraction of sp³-hybridized carbons (Fsp3) is 0.429. The number of carbonyl (C=O) groups excluding carboxylic acids is 2. The van der Waals surface area contributed by atoms with Crippen LogP contribution in [0, 0.1) is 6.92 Å². The predicted octanol–water partition coefficient (Wildman–Crippen LogP) is 4.67. The Balaban J connectivity index is 2.14. The summed E-state index contributed by atoms with van der Waals surface area (Å²) in [6.45, 7) is 11.7. The molecule has 34 heavy (non-hydrogen) atoms. The Bertz CT molecular complexity index is 1090. The first kappa shape index (κ1) is 25.5. The first-order valence-electron chi connectivity index (χ1n) is 11.7. The summed E-state index contributed by atoms with van der Waals surface area (Å²) in [6.07, 6.45) is 0. The van der Waals surface area contributed by atoms with Crippen LogP contribution in [0.2, 0.25) is 0 Å². The molecule has 0 bridgehead atoms. The number of likely N-dealkylation sites (tertiary alicyclic amines) is 1. The Labute approximate surface area is 202 Å². The van der Waals surface area contributed by atoms with Crippen molar-refractivity contribution in [2.24, 2.45) is 0 Å². The van der Waals surface area contributed by atoms with Gasteiger partial charge in [-0.1, -0.05) is 45.0 Å². The summed E-state index contributed by atoms with van der Waals surface area (Å²) in [4.78, 5) is 29.9. The molecule has 1 atom stereocenters. The molecule has 6 nitrogen and oxygen atoms in total. The van der Waals surface area contributed by atoms with Gasteiger partial charge in [-0.05, 0) is 68.2 Å². The zero-order chi connectivity index (χ0) is 25.2. The van der Waals surface area contributed by atoms with Crippen molar-refractivity contribution in [3.8, 4) is 5.75 Å². The molecule has 6 heteroatoms. The molecular formula is C28H36N2O4. The molecule has 0 saturated carbocycles. The van der Waals surface area contributed by atoms with Crippen LogP contribution in [0.3, 0.4) is 0 Å². The summed E-state index contributed by atoms with van der Waals surface area (Å²) in [5, 5.41) is 11.3. The van der Waals surface area contributed by atoms with Gasteiger partial charge in [-0.15, -0.1) is 0 Å². The van der Waals surface area contributed by atoms with Gasteiger partial charge in [-0.3, -0.25) is 9.59 Å². The Morgan fingerprint density at radius 3 is 2.26 bits per heavy atom. The van der Waals surface area contributed by atoms with E-state index in [2.05, 4.69) is 20.8 Å². The minimum Gasteiger partial charge on any atom is -0.507 e. The van der Waals surface area contributed by atoms with E-state index >= 15 is 0 Å². The largest absolute Gasteiger partial charge is 0.507 e. The van der Waals surface area contributed by atoms with E-state index in [0.29, 0.717) is 31.0 Å². The molecule has 1 N–H and O–H groups in total. The van der Waals surface area contributed by atoms with Gasteiger partial charge in [0.2, 0.25) is 0 Å². The summed E-state index contributed by atoms with van der Waals surface area (Å²) >= 11 is 0. The second-order valence-electron chi connectivity index (χ2n) is 10.1. The number of nitrogens with zero attached hydrogens (tertiary/aromatic N) is 2. The molecular weight excluding hydrogens is 428 g/mol. The number of aliphatic hydroxyl groups excluding tert-OH is 1. The number of benzene rings is 2. The molecule has 1 amide bonds. The van der Waals surface area contributed by atoms with Gasteiger partial charge in [0.1, 0.15) is 11.5 Å². The van der Waals surface area contributed by atoms with E-state index in [1.54, 1.807) is 17.0 Å². The number of likely N-dealkylation sites (N-methyl/N-ethyl adjacent to an activating group) is 1. The van der Waals surface area contributed by atoms with Crippen molar-refractivity contribution in [2.45, 2.75) is 46.1 Å². The number of aliphatic hydroxyl groups is 1. The van der Waals surface area contributed by atoms with Crippen LogP contribution in [-0.4, -0.2) is 60.4 Å². The van der Waals surface area contributed by atoms with Gasteiger partial charge in [0.05, 0.1) is 18.2 Å². The molecule has 0 aromatic heterocycles. The van der Waals surface area contributed by atoms with Gasteiger partial charge >= 0.3 is 0 Å². The lowest BCUT2D eigenvalue weighted by molar-refractivity contribution is -0.140. The molecule has 0 aliphatic carbocycles. The third-order valence-electron chi connectivity index (χ3n) is 6.18. The first-order chi connectivity index (χ1) is 16.0. The summed E-state index contributed by atoms with van der Waals surface area (Å²) in [5.74, 6) is -0.709. The van der Waals surface area contributed by atoms with E-state index in [1.165, 1.54) is 0 Å². The highest BCUT2D eigenvalue weighted by atomic mass is 16.5. The second-order valence-corrected chi connectivity index (χ2v) is 10.1. The highest BCUT2D eigenvalue weighted by molar-refractivity contribution is 6.46. The molecule has 182 valence electrons. The number of ether oxygens (including phenoxy) is 1. The number of hydrogen-bond donors (Lipinski definition) is 1. The predicted molar refractivity (Wildman–Crippen MR) is 135 cm³/mol. The van der Waals surface area contributed by atoms with E-state index in [1.807, 2.05) is 63.2 Å². The molecule has 0 spiro atoms. The molecule has 1 unspecified atom stereocenters. The quantitative estimate of drug-likeness (QED) is 0.366. The summed E-state index contributed by atoms with van der Waals surface area (Å²) in [5.41, 5.74) is 3.35. The van der Waals surface area contributed by atoms with Gasteiger partial charge in [-0.2, -0.15) is 0 Å². The van der Waals surface area contributed by atoms with Crippen LogP contribution in [0.25, 0.3) is 5.76 Å². The molecule has 2 aromatic rings. The van der Waals surface area contributed by atoms with Crippen LogP contribution in [0.15, 0.2) is 48.0 Å². The van der Waals surface area contributed by atoms with E-state index < -0.39 is 17.7 Å². The molecule has 1 saturated heterocycles. The van der Waals surface area contributed by atoms with E-state index in [0.717, 1.165) is 16.7 Å². The number of ketones is 1. The number of rotatable bonds is 7. The van der Waals surface area contributed by atoms with Gasteiger partial charge in [0, 0.05) is 18.7 Å². The molecule has 0 radical (unpaired) electrons. The number of hydrogen-bond acceptors (Lipinski definition) is 5. The zero-order valence-electron chi connectivity index (χ0n) is 21.3. The number of aryl methyl sites for hydroxylation is 1. The van der Waals surface area contributed by atoms with Crippen molar-refractivity contribution in [1.29, 1.82) is 0 Å². The van der Waals surface area contributed by atoms with Crippen LogP contribution in [0.4, 0.5) is 0 Å². The highest BCUT2D eigenvalue weighted by Gasteiger charge is 2.46. The first-order valence-corrected chi connectivity index (χ1v) is 11.7. The Kier molecular flexibility index (Phi) is 7.51. The highest BCUT2D eigenvalue weighted by Crippen LogP contribution is 2.40. The lowest BCUT2D eigenvalue weighted by Gasteiger charge is -2.27. The van der Waals surface area contributed by atoms with Crippen LogP contribution in [-0.2, 0) is 15.0 Å². The average Bonchev–Trinajstić information content (AvgIpc) is 3.02. The van der Waals surface area contributed by atoms with E-state index in [4.69, 9.17) is 4.74 Å². The van der Waals surface area contributed by atoms with Crippen LogP contribution in [0.5, 0.6) is 5.75 Å². The number of Topliss-reactive ketones (excluding diaryl/α,β-unsaturated/α-hetero) is 1. The molecule has 1 heterocycles. The lowest BCUT2D eigenvalue weighted by atomic mass is 9.85. The Hall–Kier alpha value is -3.12. The minimum absolute atomic E-state index is 0.0231. The fourth-order valence-electron chi connectivity index (χ4n) is 4.23. The van der Waals surface area contributed by atoms with Gasteiger partial charge in [0.25, 0.3) is 11.7 Å². The standard InChI is InChI=1S/C28H36N2O4/c1-8-34-21-13-14-22(18(2)17-21)25(31)23-24(19-9-11-20(12-10-19)28(3,4)5)30(16-15-29(6)7)27(33)26(23)32/h9-14,17,24,31H,8,15-16H2,1-7H3/b25-23-. The maximum absolute atomic E-state index is 13.2. The van der Waals surface area contributed by atoms with Crippen molar-refractivity contribution >= 4 is 17.4 Å². The SMILES string of the molecule is CCOc1ccc(/C(O)=C2/C(=O)C(=O)N(CCN(C)C)C2c2ccc(C(C)(C)C)cc2)c(C)c1. The maximum Gasteiger partial charge on any atom is 0.295 e. The van der Waals surface area contributed by atoms with Gasteiger partial charge in [0.15, 0.2) is 0 Å². The van der Waals surface area contributed by atoms with E-state index in [-0.39, 0.29) is 16.7 Å². The summed E-state index contributed by atoms with van der Waals surface area (Å²) < 4.78 is 5.55. The molecule has 1 aliphatic heterocycles. The molecule has 1 aliphatic rings. The monoisotopic (exact) mass is 464 g/mol. The van der Waals surface area contributed by atoms with Crippen molar-refractivity contribution in [2.75, 3.05) is 33.8 Å². The third kappa shape index (κ3) is 5.17. The van der Waals surface area contributed by atoms with Crippen LogP contribution >= 0.6 is 0 Å². The maximum atomic E-state index is 13.2. The lowest BCUT2D eigenvalue weighted by Crippen LogP contribution is -2.35. The molecule has 2 aromatic carbocycles. The van der Waals surface area contributed by atoms with Crippen LogP contribution < -0.4 is 4.74 Å². The average molecular weight is 465 g/mol. The van der Waals surface area contributed by atoms with Crippen LogP contribution in [0.1, 0.15) is 56.0 Å². The smallest absolute Gasteiger partial charge is 0.295 e.